The van der Waals surface area contributed by atoms with E-state index in [0.29, 0.717) is 29.5 Å². The number of halogens is 2. The average molecular weight is 671 g/mol. The van der Waals surface area contributed by atoms with Crippen LogP contribution in [-0.2, 0) is 9.22 Å². The van der Waals surface area contributed by atoms with Gasteiger partial charge in [-0.25, -0.2) is 0 Å². The fraction of sp³-hybridized carbons (Fsp3) is 0.325. The number of rotatable bonds is 11. The molecule has 4 aromatic rings. The molecule has 1 heterocycles. The van der Waals surface area contributed by atoms with Gasteiger partial charge in [0, 0.05) is 21.9 Å². The van der Waals surface area contributed by atoms with Gasteiger partial charge in [0.2, 0.25) is 5.91 Å². The topological polar surface area (TPSA) is 29.5 Å². The minimum atomic E-state index is -2.83. The van der Waals surface area contributed by atoms with E-state index in [1.807, 2.05) is 36.4 Å². The molecule has 1 aliphatic heterocycles. The zero-order chi connectivity index (χ0) is 32.9. The van der Waals surface area contributed by atoms with E-state index in [4.69, 9.17) is 27.6 Å². The Hall–Kier alpha value is -3.15. The maximum atomic E-state index is 14.7. The zero-order valence-corrected chi connectivity index (χ0v) is 29.8. The number of piperidine rings is 1. The molecule has 1 fully saturated rings. The monoisotopic (exact) mass is 669 g/mol. The molecule has 0 aliphatic carbocycles. The molecule has 0 bridgehead atoms. The number of carbonyl (C=O) groups excluding carboxylic acids is 1. The number of amides is 1. The van der Waals surface area contributed by atoms with Gasteiger partial charge >= 0.3 is 0 Å². The Labute approximate surface area is 286 Å². The van der Waals surface area contributed by atoms with E-state index in [-0.39, 0.29) is 34.9 Å². The highest BCUT2D eigenvalue weighted by molar-refractivity contribution is 6.99. The second kappa shape index (κ2) is 14.7. The molecule has 0 N–H and O–H groups in total. The highest BCUT2D eigenvalue weighted by Gasteiger charge is 2.51. The van der Waals surface area contributed by atoms with Crippen LogP contribution in [-0.4, -0.2) is 31.8 Å². The Morgan fingerprint density at radius 1 is 0.870 bits per heavy atom. The van der Waals surface area contributed by atoms with Crippen molar-refractivity contribution in [3.63, 3.8) is 0 Å². The molecule has 4 aromatic carbocycles. The van der Waals surface area contributed by atoms with Crippen molar-refractivity contribution < 1.29 is 9.22 Å². The molecule has 3 nitrogen and oxygen atoms in total. The average Bonchev–Trinajstić information content (AvgIpc) is 3.05. The minimum Gasteiger partial charge on any atom is -0.405 e. The maximum absolute atomic E-state index is 14.7. The normalized spacial score (nSPS) is 19.6. The number of nitrogens with zero attached hydrogens (tertiary/aromatic N) is 1. The summed E-state index contributed by atoms with van der Waals surface area (Å²) >= 11 is 12.9. The third-order valence-corrected chi connectivity index (χ3v) is 15.0. The Balaban J connectivity index is 1.64. The van der Waals surface area contributed by atoms with Crippen molar-refractivity contribution in [2.45, 2.75) is 70.0 Å². The third-order valence-electron chi connectivity index (χ3n) is 9.54. The molecular formula is C40H45Cl2NO2Si. The summed E-state index contributed by atoms with van der Waals surface area (Å²) in [7, 11) is -2.83. The number of allylic oxidation sites excluding steroid dienone is 1. The molecule has 6 heteroatoms. The van der Waals surface area contributed by atoms with Crippen molar-refractivity contribution in [1.29, 1.82) is 0 Å². The lowest BCUT2D eigenvalue weighted by Gasteiger charge is -2.50. The van der Waals surface area contributed by atoms with Crippen LogP contribution in [0.15, 0.2) is 122 Å². The fourth-order valence-corrected chi connectivity index (χ4v) is 12.3. The molecule has 1 aliphatic rings. The van der Waals surface area contributed by atoms with Gasteiger partial charge in [-0.05, 0) is 70.1 Å². The lowest BCUT2D eigenvalue weighted by atomic mass is 9.74. The molecule has 0 aromatic heterocycles. The van der Waals surface area contributed by atoms with Crippen molar-refractivity contribution in [3.8, 4) is 0 Å². The summed E-state index contributed by atoms with van der Waals surface area (Å²) in [6.07, 6.45) is 3.95. The molecule has 5 rings (SSSR count). The van der Waals surface area contributed by atoms with Gasteiger partial charge < -0.3 is 9.33 Å². The van der Waals surface area contributed by atoms with Crippen molar-refractivity contribution in [2.75, 3.05) is 6.61 Å². The van der Waals surface area contributed by atoms with Gasteiger partial charge in [-0.15, -0.1) is 6.58 Å². The predicted molar refractivity (Wildman–Crippen MR) is 196 cm³/mol. The Morgan fingerprint density at radius 2 is 1.48 bits per heavy atom. The summed E-state index contributed by atoms with van der Waals surface area (Å²) in [5.74, 6) is -0.00703. The lowest BCUT2D eigenvalue weighted by Crippen LogP contribution is -2.67. The minimum absolute atomic E-state index is 0.0319. The van der Waals surface area contributed by atoms with Crippen LogP contribution >= 0.6 is 23.2 Å². The van der Waals surface area contributed by atoms with Crippen LogP contribution in [0, 0.1) is 5.92 Å². The largest absolute Gasteiger partial charge is 0.405 e. The van der Waals surface area contributed by atoms with Gasteiger partial charge in [-0.3, -0.25) is 4.79 Å². The van der Waals surface area contributed by atoms with Crippen LogP contribution in [0.25, 0.3) is 0 Å². The van der Waals surface area contributed by atoms with E-state index in [1.54, 1.807) is 0 Å². The molecule has 1 amide bonds. The quantitative estimate of drug-likeness (QED) is 0.118. The van der Waals surface area contributed by atoms with Gasteiger partial charge in [0.25, 0.3) is 8.32 Å². The van der Waals surface area contributed by atoms with E-state index in [0.717, 1.165) is 17.5 Å². The van der Waals surface area contributed by atoms with E-state index in [2.05, 4.69) is 118 Å². The van der Waals surface area contributed by atoms with Crippen LogP contribution in [0.3, 0.4) is 0 Å². The van der Waals surface area contributed by atoms with Gasteiger partial charge in [0.1, 0.15) is 0 Å². The first-order valence-corrected chi connectivity index (χ1v) is 19.0. The first-order valence-electron chi connectivity index (χ1n) is 16.3. The fourth-order valence-electron chi connectivity index (χ4n) is 7.37. The van der Waals surface area contributed by atoms with E-state index in [9.17, 15) is 4.79 Å². The number of benzene rings is 4. The van der Waals surface area contributed by atoms with E-state index >= 15 is 0 Å². The van der Waals surface area contributed by atoms with E-state index in [1.165, 1.54) is 10.4 Å². The maximum Gasteiger partial charge on any atom is 0.261 e. The van der Waals surface area contributed by atoms with Crippen LogP contribution in [0.5, 0.6) is 0 Å². The van der Waals surface area contributed by atoms with Crippen molar-refractivity contribution in [3.05, 3.63) is 143 Å². The molecule has 240 valence electrons. The Kier molecular flexibility index (Phi) is 10.9. The second-order valence-electron chi connectivity index (χ2n) is 13.4. The van der Waals surface area contributed by atoms with Crippen LogP contribution < -0.4 is 10.4 Å². The highest BCUT2D eigenvalue weighted by atomic mass is 35.5. The van der Waals surface area contributed by atoms with Gasteiger partial charge in [0.05, 0.1) is 18.7 Å². The first kappa shape index (κ1) is 34.2. The standard InChI is InChI=1S/C40H45Cl2NO2Si/c1-6-15-31-27-37(30-16-14-17-33(42)26-30)38(29-22-24-32(41)25-23-29)43(39(31)44)34(7-2)28-45-46(40(3,4)5,35-18-10-8-11-19-35)36-20-12-9-13-21-36/h6,8-14,16-26,31,34,37-38H,1,7,15,27-28H2,2-5H3/t31-,34?,37-,38-/m1/s1. The van der Waals surface area contributed by atoms with Gasteiger partial charge in [0.15, 0.2) is 0 Å². The Morgan fingerprint density at radius 3 is 2.00 bits per heavy atom. The Bertz CT molecular complexity index is 1560. The molecule has 4 atom stereocenters. The van der Waals surface area contributed by atoms with E-state index < -0.39 is 8.32 Å². The molecule has 1 saturated heterocycles. The molecule has 46 heavy (non-hydrogen) atoms. The summed E-state index contributed by atoms with van der Waals surface area (Å²) in [6.45, 7) is 13.5. The molecular weight excluding hydrogens is 625 g/mol. The molecule has 0 spiro atoms. The first-order chi connectivity index (χ1) is 22.1. The second-order valence-corrected chi connectivity index (χ2v) is 18.6. The number of hydrogen-bond acceptors (Lipinski definition) is 2. The third kappa shape index (κ3) is 6.91. The van der Waals surface area contributed by atoms with Crippen molar-refractivity contribution in [2.24, 2.45) is 5.92 Å². The van der Waals surface area contributed by atoms with Crippen LogP contribution in [0.2, 0.25) is 15.1 Å². The van der Waals surface area contributed by atoms with Gasteiger partial charge in [-0.2, -0.15) is 0 Å². The lowest BCUT2D eigenvalue weighted by molar-refractivity contribution is -0.147. The molecule has 0 radical (unpaired) electrons. The summed E-state index contributed by atoms with van der Waals surface area (Å²) in [4.78, 5) is 16.8. The summed E-state index contributed by atoms with van der Waals surface area (Å²) in [5, 5.41) is 3.64. The molecule has 1 unspecified atom stereocenters. The zero-order valence-electron chi connectivity index (χ0n) is 27.3. The van der Waals surface area contributed by atoms with Crippen molar-refractivity contribution in [1.82, 2.24) is 4.90 Å². The number of likely N-dealkylation sites (tertiary alicyclic amines) is 1. The molecule has 0 saturated carbocycles. The number of carbonyl (C=O) groups is 1. The SMILES string of the molecule is C=CC[C@@H]1C[C@H](c2cccc(Cl)c2)[C@@H](c2ccc(Cl)cc2)N(C(CC)CO[Si](c2ccccc2)(c2ccccc2)C(C)(C)C)C1=O. The van der Waals surface area contributed by atoms with Gasteiger partial charge in [-0.1, -0.05) is 142 Å². The summed E-state index contributed by atoms with van der Waals surface area (Å²) in [5.41, 5.74) is 2.19. The number of hydrogen-bond donors (Lipinski definition) is 0. The van der Waals surface area contributed by atoms with Crippen molar-refractivity contribution >= 4 is 47.8 Å². The van der Waals surface area contributed by atoms with Crippen LogP contribution in [0.1, 0.15) is 70.0 Å². The van der Waals surface area contributed by atoms with Crippen LogP contribution in [0.4, 0.5) is 0 Å². The smallest absolute Gasteiger partial charge is 0.261 e. The highest BCUT2D eigenvalue weighted by Crippen LogP contribution is 2.48. The summed E-state index contributed by atoms with van der Waals surface area (Å²) in [6, 6.07) is 37.1. The predicted octanol–water partition coefficient (Wildman–Crippen LogP) is 9.60. The summed E-state index contributed by atoms with van der Waals surface area (Å²) < 4.78 is 7.46.